The van der Waals surface area contributed by atoms with Gasteiger partial charge in [-0.2, -0.15) is 0 Å². The zero-order chi connectivity index (χ0) is 11.5. The quantitative estimate of drug-likeness (QED) is 0.878. The number of benzene rings is 1. The van der Waals surface area contributed by atoms with Gasteiger partial charge in [-0.3, -0.25) is 0 Å². The van der Waals surface area contributed by atoms with E-state index in [2.05, 4.69) is 12.1 Å². The second-order valence-corrected chi connectivity index (χ2v) is 5.47. The molecule has 0 spiro atoms. The summed E-state index contributed by atoms with van der Waals surface area (Å²) in [7, 11) is 0. The Morgan fingerprint density at radius 1 is 1.31 bits per heavy atom. The number of hydrogen-bond acceptors (Lipinski definition) is 2. The van der Waals surface area contributed by atoms with Crippen molar-refractivity contribution in [2.24, 2.45) is 5.73 Å². The molecule has 1 nitrogen and oxygen atoms in total. The van der Waals surface area contributed by atoms with Gasteiger partial charge in [-0.25, -0.2) is 0 Å². The largest absolute Gasteiger partial charge is 0.328 e. The summed E-state index contributed by atoms with van der Waals surface area (Å²) in [6, 6.07) is 12.5. The number of halogens is 1. The molecule has 0 radical (unpaired) electrons. The molecule has 0 aliphatic heterocycles. The van der Waals surface area contributed by atoms with Gasteiger partial charge < -0.3 is 5.73 Å². The van der Waals surface area contributed by atoms with E-state index in [9.17, 15) is 0 Å². The minimum Gasteiger partial charge on any atom is -0.328 e. The van der Waals surface area contributed by atoms with Crippen LogP contribution < -0.4 is 5.73 Å². The first kappa shape index (κ1) is 11.6. The summed E-state index contributed by atoms with van der Waals surface area (Å²) in [6.45, 7) is 2.00. The molecular weight excluding hydrogens is 238 g/mol. The highest BCUT2D eigenvalue weighted by Gasteiger charge is 2.10. The van der Waals surface area contributed by atoms with Crippen LogP contribution in [0.4, 0.5) is 0 Å². The topological polar surface area (TPSA) is 26.0 Å². The van der Waals surface area contributed by atoms with Crippen LogP contribution >= 0.6 is 22.9 Å². The summed E-state index contributed by atoms with van der Waals surface area (Å²) in [4.78, 5) is 2.39. The van der Waals surface area contributed by atoms with Crippen molar-refractivity contribution in [3.63, 3.8) is 0 Å². The van der Waals surface area contributed by atoms with Gasteiger partial charge in [-0.15, -0.1) is 11.3 Å². The molecule has 16 heavy (non-hydrogen) atoms. The van der Waals surface area contributed by atoms with Crippen LogP contribution in [0, 0.1) is 0 Å². The van der Waals surface area contributed by atoms with Crippen LogP contribution in [0.15, 0.2) is 36.4 Å². The lowest BCUT2D eigenvalue weighted by molar-refractivity contribution is 0.747. The zero-order valence-electron chi connectivity index (χ0n) is 9.11. The van der Waals surface area contributed by atoms with Crippen molar-refractivity contribution >= 4 is 22.9 Å². The molecule has 2 aromatic rings. The van der Waals surface area contributed by atoms with Crippen molar-refractivity contribution in [2.75, 3.05) is 0 Å². The number of thiophene rings is 1. The fourth-order valence-corrected chi connectivity index (χ4v) is 3.15. The molecule has 3 heteroatoms. The number of rotatable bonds is 3. The van der Waals surface area contributed by atoms with Crippen LogP contribution in [0.3, 0.4) is 0 Å². The molecule has 84 valence electrons. The molecule has 0 amide bonds. The maximum absolute atomic E-state index is 6.19. The van der Waals surface area contributed by atoms with Crippen molar-refractivity contribution in [1.29, 1.82) is 0 Å². The van der Waals surface area contributed by atoms with E-state index in [1.807, 2.05) is 31.2 Å². The Morgan fingerprint density at radius 3 is 2.62 bits per heavy atom. The van der Waals surface area contributed by atoms with Crippen LogP contribution in [0.2, 0.25) is 5.02 Å². The molecule has 1 atom stereocenters. The molecular formula is C13H14ClNS. The minimum atomic E-state index is 0.153. The summed E-state index contributed by atoms with van der Waals surface area (Å²) in [5, 5.41) is 0.834. The maximum atomic E-state index is 6.19. The van der Waals surface area contributed by atoms with E-state index < -0.39 is 0 Å². The van der Waals surface area contributed by atoms with Gasteiger partial charge in [0.2, 0.25) is 0 Å². The lowest BCUT2D eigenvalue weighted by Gasteiger charge is -2.01. The molecule has 1 aromatic carbocycles. The molecule has 1 heterocycles. The minimum absolute atomic E-state index is 0.153. The molecule has 0 saturated heterocycles. The van der Waals surface area contributed by atoms with Crippen LogP contribution in [0.1, 0.15) is 11.8 Å². The Bertz CT molecular complexity index is 462. The number of hydrogen-bond donors (Lipinski definition) is 1. The van der Waals surface area contributed by atoms with Crippen molar-refractivity contribution in [2.45, 2.75) is 19.4 Å². The molecule has 0 fully saturated rings. The smallest absolute Gasteiger partial charge is 0.0552 e. The average Bonchev–Trinajstić information content (AvgIpc) is 2.61. The Balaban J connectivity index is 2.31. The monoisotopic (exact) mass is 251 g/mol. The lowest BCUT2D eigenvalue weighted by Crippen LogP contribution is -2.17. The molecule has 2 rings (SSSR count). The SMILES string of the molecule is C[C@@H](N)Cc1sc(-c2ccccc2)cc1Cl. The third kappa shape index (κ3) is 2.64. The van der Waals surface area contributed by atoms with E-state index in [1.165, 1.54) is 15.3 Å². The number of nitrogens with two attached hydrogens (primary N) is 1. The van der Waals surface area contributed by atoms with Gasteiger partial charge in [-0.05, 0) is 25.0 Å². The molecule has 0 aliphatic carbocycles. The second kappa shape index (κ2) is 5.00. The van der Waals surface area contributed by atoms with Gasteiger partial charge in [0, 0.05) is 15.8 Å². The Morgan fingerprint density at radius 2 is 2.00 bits per heavy atom. The van der Waals surface area contributed by atoms with Gasteiger partial charge in [0.25, 0.3) is 0 Å². The van der Waals surface area contributed by atoms with E-state index in [-0.39, 0.29) is 6.04 Å². The van der Waals surface area contributed by atoms with Crippen LogP contribution in [0.25, 0.3) is 10.4 Å². The van der Waals surface area contributed by atoms with E-state index in [0.29, 0.717) is 0 Å². The normalized spacial score (nSPS) is 12.7. The Kier molecular flexibility index (Phi) is 3.64. The van der Waals surface area contributed by atoms with E-state index in [4.69, 9.17) is 17.3 Å². The lowest BCUT2D eigenvalue weighted by atomic mass is 10.2. The van der Waals surface area contributed by atoms with Crippen LogP contribution in [-0.2, 0) is 6.42 Å². The van der Waals surface area contributed by atoms with Crippen molar-refractivity contribution < 1.29 is 0 Å². The van der Waals surface area contributed by atoms with E-state index in [1.54, 1.807) is 11.3 Å². The van der Waals surface area contributed by atoms with E-state index >= 15 is 0 Å². The third-order valence-corrected chi connectivity index (χ3v) is 3.98. The van der Waals surface area contributed by atoms with Gasteiger partial charge >= 0.3 is 0 Å². The zero-order valence-corrected chi connectivity index (χ0v) is 10.7. The highest BCUT2D eigenvalue weighted by Crippen LogP contribution is 2.34. The summed E-state index contributed by atoms with van der Waals surface area (Å²) in [5.74, 6) is 0. The molecule has 0 saturated carbocycles. The molecule has 0 bridgehead atoms. The van der Waals surface area contributed by atoms with Gasteiger partial charge in [0.15, 0.2) is 0 Å². The highest BCUT2D eigenvalue weighted by molar-refractivity contribution is 7.16. The predicted molar refractivity (Wildman–Crippen MR) is 72.1 cm³/mol. The summed E-state index contributed by atoms with van der Waals surface area (Å²) < 4.78 is 0. The van der Waals surface area contributed by atoms with Gasteiger partial charge in [-0.1, -0.05) is 41.9 Å². The van der Waals surface area contributed by atoms with Gasteiger partial charge in [0.05, 0.1) is 5.02 Å². The third-order valence-electron chi connectivity index (χ3n) is 2.32. The maximum Gasteiger partial charge on any atom is 0.0552 e. The van der Waals surface area contributed by atoms with Crippen molar-refractivity contribution in [3.8, 4) is 10.4 Å². The Hall–Kier alpha value is -0.830. The van der Waals surface area contributed by atoms with Crippen molar-refractivity contribution in [1.82, 2.24) is 0 Å². The fourth-order valence-electron chi connectivity index (χ4n) is 1.58. The predicted octanol–water partition coefficient (Wildman–Crippen LogP) is 3.96. The summed E-state index contributed by atoms with van der Waals surface area (Å²) >= 11 is 7.92. The van der Waals surface area contributed by atoms with Crippen molar-refractivity contribution in [3.05, 3.63) is 46.3 Å². The fraction of sp³-hybridized carbons (Fsp3) is 0.231. The molecule has 0 unspecified atom stereocenters. The first-order chi connectivity index (χ1) is 7.66. The molecule has 2 N–H and O–H groups in total. The highest BCUT2D eigenvalue weighted by atomic mass is 35.5. The van der Waals surface area contributed by atoms with Crippen LogP contribution in [0.5, 0.6) is 0 Å². The van der Waals surface area contributed by atoms with Gasteiger partial charge in [0.1, 0.15) is 0 Å². The average molecular weight is 252 g/mol. The Labute approximate surface area is 105 Å². The molecule has 0 aliphatic rings. The van der Waals surface area contributed by atoms with E-state index in [0.717, 1.165) is 11.4 Å². The second-order valence-electron chi connectivity index (χ2n) is 3.93. The summed E-state index contributed by atoms with van der Waals surface area (Å²) in [6.07, 6.45) is 0.844. The van der Waals surface area contributed by atoms with Crippen LogP contribution in [-0.4, -0.2) is 6.04 Å². The molecule has 1 aromatic heterocycles. The summed E-state index contributed by atoms with van der Waals surface area (Å²) in [5.41, 5.74) is 7.00. The standard InChI is InChI=1S/C13H14ClNS/c1-9(15)7-13-11(14)8-12(16-13)10-5-3-2-4-6-10/h2-6,8-9H,7,15H2,1H3/t9-/m1/s1. The first-order valence-electron chi connectivity index (χ1n) is 5.26. The first-order valence-corrected chi connectivity index (χ1v) is 6.45.